The highest BCUT2D eigenvalue weighted by Crippen LogP contribution is 2.47. The number of rotatable bonds is 14. The molecule has 41 heavy (non-hydrogen) atoms. The molecule has 0 aliphatic heterocycles. The third-order valence-electron chi connectivity index (χ3n) is 6.70. The van der Waals surface area contributed by atoms with Crippen LogP contribution in [0.15, 0.2) is 78.9 Å². The molecule has 0 bridgehead atoms. The molecule has 3 amide bonds. The average molecular weight is 578 g/mol. The van der Waals surface area contributed by atoms with Crippen LogP contribution in [0.2, 0.25) is 0 Å². The largest absolute Gasteiger partial charge is 0.343 e. The molecule has 218 valence electrons. The van der Waals surface area contributed by atoms with E-state index in [2.05, 4.69) is 10.6 Å². The molecule has 2 atom stereocenters. The van der Waals surface area contributed by atoms with Crippen LogP contribution >= 0.6 is 7.37 Å². The zero-order chi connectivity index (χ0) is 29.8. The van der Waals surface area contributed by atoms with Gasteiger partial charge >= 0.3 is 0 Å². The predicted molar refractivity (Wildman–Crippen MR) is 163 cm³/mol. The molecule has 0 radical (unpaired) electrons. The molecule has 0 aromatic heterocycles. The Labute approximate surface area is 242 Å². The van der Waals surface area contributed by atoms with E-state index < -0.39 is 19.1 Å². The minimum absolute atomic E-state index is 0.110. The zero-order valence-corrected chi connectivity index (χ0v) is 24.9. The predicted octanol–water partition coefficient (Wildman–Crippen LogP) is 5.86. The molecule has 0 saturated heterocycles. The van der Waals surface area contributed by atoms with Crippen LogP contribution in [0.3, 0.4) is 0 Å². The summed E-state index contributed by atoms with van der Waals surface area (Å²) in [5.74, 6) is -2.23. The second kappa shape index (κ2) is 15.3. The first kappa shape index (κ1) is 31.8. The van der Waals surface area contributed by atoms with Gasteiger partial charge in [-0.2, -0.15) is 0 Å². The average Bonchev–Trinajstić information content (AvgIpc) is 2.97. The van der Waals surface area contributed by atoms with Gasteiger partial charge in [0.15, 0.2) is 0 Å². The molecule has 0 aliphatic rings. The Balaban J connectivity index is 1.76. The SMILES string of the molecule is CCCN(CCC)C(=O)c1cccc(C(=O)NC(Cc2ccccc2)P(=O)(O)CCC(=O)Nc2ccc(C)cc2)c1. The number of benzene rings is 3. The molecular weight excluding hydrogens is 537 g/mol. The number of anilines is 1. The van der Waals surface area contributed by atoms with Gasteiger partial charge in [0.25, 0.3) is 11.8 Å². The van der Waals surface area contributed by atoms with E-state index in [4.69, 9.17) is 0 Å². The molecule has 9 heteroatoms. The molecule has 3 N–H and O–H groups in total. The molecule has 0 aliphatic carbocycles. The minimum atomic E-state index is -4.04. The molecule has 3 rings (SSSR count). The van der Waals surface area contributed by atoms with Crippen molar-refractivity contribution in [3.63, 3.8) is 0 Å². The Hall–Kier alpha value is -3.74. The summed E-state index contributed by atoms with van der Waals surface area (Å²) in [6, 6.07) is 22.8. The topological polar surface area (TPSA) is 116 Å². The summed E-state index contributed by atoms with van der Waals surface area (Å²) >= 11 is 0. The summed E-state index contributed by atoms with van der Waals surface area (Å²) < 4.78 is 13.6. The summed E-state index contributed by atoms with van der Waals surface area (Å²) in [6.45, 7) is 7.19. The fourth-order valence-electron chi connectivity index (χ4n) is 4.48. The lowest BCUT2D eigenvalue weighted by Crippen LogP contribution is -2.37. The van der Waals surface area contributed by atoms with Gasteiger partial charge in [-0.15, -0.1) is 0 Å². The Morgan fingerprint density at radius 3 is 2.15 bits per heavy atom. The zero-order valence-electron chi connectivity index (χ0n) is 24.0. The molecule has 3 aromatic carbocycles. The number of nitrogens with zero attached hydrogens (tertiary/aromatic N) is 1. The summed E-state index contributed by atoms with van der Waals surface area (Å²) in [5.41, 5.74) is 3.04. The first-order valence-corrected chi connectivity index (χ1v) is 16.0. The number of carbonyl (C=O) groups excluding carboxylic acids is 3. The third kappa shape index (κ3) is 9.69. The van der Waals surface area contributed by atoms with Crippen LogP contribution in [0.5, 0.6) is 0 Å². The van der Waals surface area contributed by atoms with Gasteiger partial charge in [0.05, 0.1) is 0 Å². The fraction of sp³-hybridized carbons (Fsp3) is 0.344. The molecule has 0 fully saturated rings. The van der Waals surface area contributed by atoms with Crippen molar-refractivity contribution in [2.75, 3.05) is 24.6 Å². The lowest BCUT2D eigenvalue weighted by Gasteiger charge is -2.25. The van der Waals surface area contributed by atoms with E-state index in [1.807, 2.05) is 63.2 Å². The maximum Gasteiger partial charge on any atom is 0.253 e. The van der Waals surface area contributed by atoms with Gasteiger partial charge < -0.3 is 20.4 Å². The van der Waals surface area contributed by atoms with E-state index in [0.29, 0.717) is 24.3 Å². The maximum absolute atomic E-state index is 13.6. The quantitative estimate of drug-likeness (QED) is 0.208. The maximum atomic E-state index is 13.6. The molecule has 0 heterocycles. The third-order valence-corrected chi connectivity index (χ3v) is 8.85. The van der Waals surface area contributed by atoms with Crippen molar-refractivity contribution < 1.29 is 23.8 Å². The Morgan fingerprint density at radius 1 is 0.878 bits per heavy atom. The highest BCUT2D eigenvalue weighted by Gasteiger charge is 2.33. The fourth-order valence-corrected chi connectivity index (χ4v) is 6.13. The van der Waals surface area contributed by atoms with Crippen molar-refractivity contribution in [2.24, 2.45) is 0 Å². The van der Waals surface area contributed by atoms with Gasteiger partial charge in [-0.25, -0.2) is 0 Å². The van der Waals surface area contributed by atoms with Crippen molar-refractivity contribution in [3.05, 3.63) is 101 Å². The van der Waals surface area contributed by atoms with E-state index >= 15 is 0 Å². The van der Waals surface area contributed by atoms with E-state index in [9.17, 15) is 23.8 Å². The number of hydrogen-bond acceptors (Lipinski definition) is 4. The minimum Gasteiger partial charge on any atom is -0.343 e. The Bertz CT molecular complexity index is 1360. The molecule has 3 aromatic rings. The van der Waals surface area contributed by atoms with Gasteiger partial charge in [0.2, 0.25) is 13.3 Å². The summed E-state index contributed by atoms with van der Waals surface area (Å²) in [6.07, 6.45) is 1.27. The second-order valence-corrected chi connectivity index (χ2v) is 12.8. The lowest BCUT2D eigenvalue weighted by atomic mass is 10.1. The van der Waals surface area contributed by atoms with Crippen molar-refractivity contribution in [1.29, 1.82) is 0 Å². The van der Waals surface area contributed by atoms with Gasteiger partial charge in [-0.05, 0) is 55.7 Å². The number of nitrogens with one attached hydrogen (secondary N) is 2. The number of aryl methyl sites for hydroxylation is 1. The van der Waals surface area contributed by atoms with Gasteiger partial charge in [0, 0.05) is 48.9 Å². The van der Waals surface area contributed by atoms with Crippen LogP contribution in [0.25, 0.3) is 0 Å². The van der Waals surface area contributed by atoms with Crippen molar-refractivity contribution >= 4 is 30.8 Å². The first-order valence-electron chi connectivity index (χ1n) is 14.0. The standard InChI is InChI=1S/C32H40N3O5P/c1-4-19-35(20-5-2)32(38)27-13-9-12-26(23-27)31(37)34-30(22-25-10-7-6-8-11-25)41(39,40)21-18-29(36)33-28-16-14-24(3)15-17-28/h6-17,23,30H,4-5,18-22H2,1-3H3,(H,33,36)(H,34,37)(H,39,40). The monoisotopic (exact) mass is 577 g/mol. The number of hydrogen-bond donors (Lipinski definition) is 3. The first-order chi connectivity index (χ1) is 19.6. The van der Waals surface area contributed by atoms with Crippen LogP contribution in [0, 0.1) is 6.92 Å². The van der Waals surface area contributed by atoms with Gasteiger partial charge in [-0.3, -0.25) is 18.9 Å². The normalized spacial score (nSPS) is 13.1. The van der Waals surface area contributed by atoms with Crippen LogP contribution in [0.1, 0.15) is 65.0 Å². The number of amides is 3. The highest BCUT2D eigenvalue weighted by molar-refractivity contribution is 7.58. The van der Waals surface area contributed by atoms with Gasteiger partial charge in [-0.1, -0.05) is 67.9 Å². The number of carbonyl (C=O) groups is 3. The van der Waals surface area contributed by atoms with Crippen LogP contribution in [0.4, 0.5) is 5.69 Å². The van der Waals surface area contributed by atoms with Crippen molar-refractivity contribution in [3.8, 4) is 0 Å². The lowest BCUT2D eigenvalue weighted by molar-refractivity contribution is -0.115. The summed E-state index contributed by atoms with van der Waals surface area (Å²) in [4.78, 5) is 51.9. The molecule has 8 nitrogen and oxygen atoms in total. The van der Waals surface area contributed by atoms with E-state index in [1.54, 1.807) is 35.2 Å². The van der Waals surface area contributed by atoms with Crippen molar-refractivity contribution in [1.82, 2.24) is 10.2 Å². The van der Waals surface area contributed by atoms with Crippen LogP contribution in [-0.4, -0.2) is 52.5 Å². The second-order valence-electron chi connectivity index (χ2n) is 10.2. The van der Waals surface area contributed by atoms with E-state index in [-0.39, 0.29) is 36.4 Å². The molecule has 0 saturated carbocycles. The summed E-state index contributed by atoms with van der Waals surface area (Å²) in [7, 11) is -4.04. The van der Waals surface area contributed by atoms with E-state index in [1.165, 1.54) is 6.07 Å². The Morgan fingerprint density at radius 2 is 1.51 bits per heavy atom. The Kier molecular flexibility index (Phi) is 11.9. The van der Waals surface area contributed by atoms with Crippen molar-refractivity contribution in [2.45, 2.75) is 52.2 Å². The summed E-state index contributed by atoms with van der Waals surface area (Å²) in [5, 5.41) is 5.49. The van der Waals surface area contributed by atoms with Crippen LogP contribution in [-0.2, 0) is 15.8 Å². The van der Waals surface area contributed by atoms with E-state index in [0.717, 1.165) is 24.0 Å². The highest BCUT2D eigenvalue weighted by atomic mass is 31.2. The smallest absolute Gasteiger partial charge is 0.253 e. The molecule has 2 unspecified atom stereocenters. The molecular formula is C32H40N3O5P. The van der Waals surface area contributed by atoms with Crippen LogP contribution < -0.4 is 10.6 Å². The molecule has 0 spiro atoms. The van der Waals surface area contributed by atoms with Gasteiger partial charge in [0.1, 0.15) is 5.78 Å².